The first-order valence-corrected chi connectivity index (χ1v) is 14.0. The van der Waals surface area contributed by atoms with Crippen molar-refractivity contribution in [3.63, 3.8) is 0 Å². The Morgan fingerprint density at radius 2 is 1.95 bits per heavy atom. The highest BCUT2D eigenvalue weighted by molar-refractivity contribution is 5.74. The van der Waals surface area contributed by atoms with Gasteiger partial charge in [-0.2, -0.15) is 10.4 Å². The van der Waals surface area contributed by atoms with Crippen LogP contribution in [0.15, 0.2) is 36.8 Å². The van der Waals surface area contributed by atoms with Crippen LogP contribution < -0.4 is 4.74 Å². The molecule has 1 aliphatic carbocycles. The van der Waals surface area contributed by atoms with Crippen LogP contribution in [0.3, 0.4) is 0 Å². The van der Waals surface area contributed by atoms with Crippen molar-refractivity contribution in [2.75, 3.05) is 26.3 Å². The average molecular weight is 543 g/mol. The van der Waals surface area contributed by atoms with Crippen LogP contribution in [0.25, 0.3) is 16.8 Å². The van der Waals surface area contributed by atoms with Crippen molar-refractivity contribution in [2.45, 2.75) is 57.2 Å². The Hall–Kier alpha value is -3.88. The zero-order valence-electron chi connectivity index (χ0n) is 22.4. The van der Waals surface area contributed by atoms with Crippen LogP contribution in [0.5, 0.6) is 5.75 Å². The number of hydrogen-bond acceptors (Lipinski definition) is 8. The van der Waals surface area contributed by atoms with Gasteiger partial charge in [0.25, 0.3) is 0 Å². The normalized spacial score (nSPS) is 19.7. The lowest BCUT2D eigenvalue weighted by atomic mass is 9.80. The zero-order chi connectivity index (χ0) is 27.2. The van der Waals surface area contributed by atoms with E-state index in [-0.39, 0.29) is 17.8 Å². The summed E-state index contributed by atoms with van der Waals surface area (Å²) >= 11 is 0. The molecule has 0 unspecified atom stereocenters. The van der Waals surface area contributed by atoms with Gasteiger partial charge in [0.15, 0.2) is 0 Å². The van der Waals surface area contributed by atoms with Gasteiger partial charge in [0.05, 0.1) is 49.1 Å². The zero-order valence-corrected chi connectivity index (χ0v) is 22.4. The maximum absolute atomic E-state index is 13.7. The lowest BCUT2D eigenvalue weighted by Gasteiger charge is -2.41. The van der Waals surface area contributed by atoms with E-state index < -0.39 is 0 Å². The smallest absolute Gasteiger partial charge is 0.148 e. The standard InChI is InChI=1S/C29H31FN8O2/c1-18-27(34-35-38(18)23-7-9-36(10-8-23)24-16-39-17-24)20-11-26(28-21(12-31)13-33-37(28)15-20)40-29(19-3-2-4-19)25-6-5-22(30)14-32-25/h5-6,11,13-15,19,23-24,29H,2-4,7-10,16-17H2,1H3/t29-/m1/s1. The number of likely N-dealkylation sites (tertiary alicyclic amines) is 1. The number of rotatable bonds is 7. The predicted octanol–water partition coefficient (Wildman–Crippen LogP) is 4.26. The Labute approximate surface area is 231 Å². The highest BCUT2D eigenvalue weighted by atomic mass is 19.1. The van der Waals surface area contributed by atoms with Crippen LogP contribution in [-0.2, 0) is 4.74 Å². The van der Waals surface area contributed by atoms with Crippen molar-refractivity contribution >= 4 is 5.52 Å². The van der Waals surface area contributed by atoms with Crippen LogP contribution in [0.1, 0.15) is 61.2 Å². The topological polar surface area (TPSA) is 106 Å². The SMILES string of the molecule is Cc1c(-c2cc(O[C@@H](c3ccc(F)cn3)C3CCC3)c3c(C#N)cnn3c2)nnn1C1CCN(C2COC2)CC1. The summed E-state index contributed by atoms with van der Waals surface area (Å²) in [5, 5.41) is 23.4. The van der Waals surface area contributed by atoms with Gasteiger partial charge in [-0.25, -0.2) is 13.6 Å². The van der Waals surface area contributed by atoms with Crippen LogP contribution in [0, 0.1) is 30.0 Å². The first kappa shape index (κ1) is 25.1. The minimum absolute atomic E-state index is 0.259. The molecule has 206 valence electrons. The highest BCUT2D eigenvalue weighted by Gasteiger charge is 2.33. The highest BCUT2D eigenvalue weighted by Crippen LogP contribution is 2.42. The van der Waals surface area contributed by atoms with Gasteiger partial charge in [0.2, 0.25) is 0 Å². The van der Waals surface area contributed by atoms with E-state index in [9.17, 15) is 9.65 Å². The molecule has 1 atom stereocenters. The van der Waals surface area contributed by atoms with E-state index in [2.05, 4.69) is 43.0 Å². The minimum atomic E-state index is -0.385. The molecule has 2 aliphatic heterocycles. The number of ether oxygens (including phenoxy) is 2. The maximum Gasteiger partial charge on any atom is 0.148 e. The Kier molecular flexibility index (Phi) is 6.44. The summed E-state index contributed by atoms with van der Waals surface area (Å²) in [6.07, 6.45) is 9.45. The Morgan fingerprint density at radius 1 is 1.12 bits per heavy atom. The third kappa shape index (κ3) is 4.41. The van der Waals surface area contributed by atoms with E-state index >= 15 is 0 Å². The van der Waals surface area contributed by atoms with Crippen LogP contribution in [0.4, 0.5) is 4.39 Å². The van der Waals surface area contributed by atoms with E-state index in [1.165, 1.54) is 12.3 Å². The number of piperidine rings is 1. The fourth-order valence-corrected chi connectivity index (χ4v) is 6.10. The van der Waals surface area contributed by atoms with E-state index in [1.54, 1.807) is 16.8 Å². The molecule has 0 radical (unpaired) electrons. The summed E-state index contributed by atoms with van der Waals surface area (Å²) in [6, 6.07) is 8.10. The molecule has 1 saturated carbocycles. The molecule has 4 aromatic heterocycles. The number of aromatic nitrogens is 6. The second-order valence-electron chi connectivity index (χ2n) is 11.1. The molecule has 0 aromatic carbocycles. The second-order valence-corrected chi connectivity index (χ2v) is 11.1. The number of pyridine rings is 2. The maximum atomic E-state index is 13.7. The summed E-state index contributed by atoms with van der Waals surface area (Å²) in [5.41, 5.74) is 4.24. The first-order valence-electron chi connectivity index (χ1n) is 14.0. The summed E-state index contributed by atoms with van der Waals surface area (Å²) in [4.78, 5) is 6.86. The van der Waals surface area contributed by atoms with Gasteiger partial charge in [-0.3, -0.25) is 9.88 Å². The lowest BCUT2D eigenvalue weighted by molar-refractivity contribution is -0.0735. The van der Waals surface area contributed by atoms with E-state index in [0.29, 0.717) is 34.6 Å². The summed E-state index contributed by atoms with van der Waals surface area (Å²) in [5.74, 6) is 0.402. The molecular formula is C29H31FN8O2. The number of hydrogen-bond donors (Lipinski definition) is 0. The monoisotopic (exact) mass is 542 g/mol. The fraction of sp³-hybridized carbons (Fsp3) is 0.483. The molecule has 0 spiro atoms. The third-order valence-corrected chi connectivity index (χ3v) is 8.75. The van der Waals surface area contributed by atoms with Crippen LogP contribution in [0.2, 0.25) is 0 Å². The molecule has 7 rings (SSSR count). The third-order valence-electron chi connectivity index (χ3n) is 8.75. The van der Waals surface area contributed by atoms with Gasteiger partial charge in [-0.05, 0) is 50.8 Å². The molecule has 0 N–H and O–H groups in total. The number of fused-ring (bicyclic) bond motifs is 1. The van der Waals surface area contributed by atoms with E-state index in [4.69, 9.17) is 9.47 Å². The number of nitriles is 1. The van der Waals surface area contributed by atoms with Gasteiger partial charge >= 0.3 is 0 Å². The van der Waals surface area contributed by atoms with Crippen molar-refractivity contribution in [2.24, 2.45) is 5.92 Å². The first-order chi connectivity index (χ1) is 19.6. The largest absolute Gasteiger partial charge is 0.481 e. The molecule has 0 bridgehead atoms. The minimum Gasteiger partial charge on any atom is -0.481 e. The molecule has 11 heteroatoms. The molecule has 4 aromatic rings. The van der Waals surface area contributed by atoms with Crippen molar-refractivity contribution in [3.05, 3.63) is 59.6 Å². The Balaban J connectivity index is 1.22. The summed E-state index contributed by atoms with van der Waals surface area (Å²) in [6.45, 7) is 5.78. The van der Waals surface area contributed by atoms with Crippen molar-refractivity contribution in [3.8, 4) is 23.1 Å². The Bertz CT molecular complexity index is 1560. The van der Waals surface area contributed by atoms with Crippen molar-refractivity contribution in [1.29, 1.82) is 5.26 Å². The van der Waals surface area contributed by atoms with Crippen LogP contribution in [-0.4, -0.2) is 66.8 Å². The number of nitrogens with zero attached hydrogens (tertiary/aromatic N) is 8. The van der Waals surface area contributed by atoms with Crippen molar-refractivity contribution in [1.82, 2.24) is 34.5 Å². The molecule has 0 amide bonds. The van der Waals surface area contributed by atoms with Gasteiger partial charge in [-0.15, -0.1) is 5.10 Å². The Morgan fingerprint density at radius 3 is 2.60 bits per heavy atom. The molecule has 10 nitrogen and oxygen atoms in total. The fourth-order valence-electron chi connectivity index (χ4n) is 6.10. The molecular weight excluding hydrogens is 511 g/mol. The second kappa shape index (κ2) is 10.3. The lowest BCUT2D eigenvalue weighted by Crippen LogP contribution is -2.52. The molecule has 6 heterocycles. The summed E-state index contributed by atoms with van der Waals surface area (Å²) in [7, 11) is 0. The van der Waals surface area contributed by atoms with Gasteiger partial charge in [0, 0.05) is 30.8 Å². The average Bonchev–Trinajstić information content (AvgIpc) is 3.50. The number of halogens is 1. The van der Waals surface area contributed by atoms with Crippen LogP contribution >= 0.6 is 0 Å². The van der Waals surface area contributed by atoms with E-state index in [1.807, 2.05) is 12.3 Å². The van der Waals surface area contributed by atoms with Crippen molar-refractivity contribution < 1.29 is 13.9 Å². The molecule has 2 saturated heterocycles. The van der Waals surface area contributed by atoms with Gasteiger partial charge < -0.3 is 9.47 Å². The van der Waals surface area contributed by atoms with E-state index in [0.717, 1.165) is 75.4 Å². The quantitative estimate of drug-likeness (QED) is 0.341. The van der Waals surface area contributed by atoms with Gasteiger partial charge in [0.1, 0.15) is 40.5 Å². The molecule has 3 fully saturated rings. The predicted molar refractivity (Wildman–Crippen MR) is 143 cm³/mol. The molecule has 3 aliphatic rings. The van der Waals surface area contributed by atoms with Gasteiger partial charge in [-0.1, -0.05) is 11.6 Å². The molecule has 40 heavy (non-hydrogen) atoms. The summed E-state index contributed by atoms with van der Waals surface area (Å²) < 4.78 is 29.4.